The average molecular weight is 563 g/mol. The molecule has 0 aliphatic carbocycles. The number of rotatable bonds is 8. The van der Waals surface area contributed by atoms with Crippen LogP contribution in [0.5, 0.6) is 0 Å². The van der Waals surface area contributed by atoms with Crippen LogP contribution in [0.4, 0.5) is 0 Å². The molecule has 0 bridgehead atoms. The SMILES string of the molecule is c1ccc(-c2ccc(C(c3ccc(-c4ccccc4)cc3)C(c3ccccc3)(c3ccccc3)c3ccccc3)cc2)cc1. The Labute approximate surface area is 261 Å². The summed E-state index contributed by atoms with van der Waals surface area (Å²) < 4.78 is 0. The molecule has 44 heavy (non-hydrogen) atoms. The molecule has 0 atom stereocenters. The summed E-state index contributed by atoms with van der Waals surface area (Å²) in [6, 6.07) is 72.9. The van der Waals surface area contributed by atoms with Crippen molar-refractivity contribution in [3.63, 3.8) is 0 Å². The number of benzene rings is 7. The highest BCUT2D eigenvalue weighted by Gasteiger charge is 2.45. The van der Waals surface area contributed by atoms with Gasteiger partial charge in [0.1, 0.15) is 0 Å². The van der Waals surface area contributed by atoms with Gasteiger partial charge in [-0.1, -0.05) is 200 Å². The zero-order valence-electron chi connectivity index (χ0n) is 24.6. The second-order valence-corrected chi connectivity index (χ2v) is 11.3. The van der Waals surface area contributed by atoms with Gasteiger partial charge in [-0.25, -0.2) is 0 Å². The van der Waals surface area contributed by atoms with Crippen molar-refractivity contribution in [2.75, 3.05) is 0 Å². The lowest BCUT2D eigenvalue weighted by Gasteiger charge is -2.43. The highest BCUT2D eigenvalue weighted by molar-refractivity contribution is 5.67. The highest BCUT2D eigenvalue weighted by atomic mass is 14.5. The van der Waals surface area contributed by atoms with Crippen LogP contribution < -0.4 is 0 Å². The molecule has 0 nitrogen and oxygen atoms in total. The van der Waals surface area contributed by atoms with E-state index in [0.717, 1.165) is 0 Å². The number of hydrogen-bond acceptors (Lipinski definition) is 0. The molecular weight excluding hydrogens is 528 g/mol. The summed E-state index contributed by atoms with van der Waals surface area (Å²) in [4.78, 5) is 0. The third kappa shape index (κ3) is 5.16. The third-order valence-electron chi connectivity index (χ3n) is 8.82. The fraction of sp³-hybridized carbons (Fsp3) is 0.0455. The maximum atomic E-state index is 2.33. The van der Waals surface area contributed by atoms with E-state index in [1.165, 1.54) is 50.1 Å². The fourth-order valence-corrected chi connectivity index (χ4v) is 6.79. The first kappa shape index (κ1) is 27.4. The van der Waals surface area contributed by atoms with Gasteiger partial charge in [-0.05, 0) is 50.1 Å². The summed E-state index contributed by atoms with van der Waals surface area (Å²) >= 11 is 0. The summed E-state index contributed by atoms with van der Waals surface area (Å²) in [6.45, 7) is 0. The lowest BCUT2D eigenvalue weighted by atomic mass is 9.58. The van der Waals surface area contributed by atoms with Crippen molar-refractivity contribution < 1.29 is 0 Å². The smallest absolute Gasteiger partial charge is 0.0560 e. The largest absolute Gasteiger partial charge is 0.0622 e. The van der Waals surface area contributed by atoms with Gasteiger partial charge in [0.05, 0.1) is 5.41 Å². The molecule has 7 aromatic carbocycles. The van der Waals surface area contributed by atoms with Crippen LogP contribution in [0.25, 0.3) is 22.3 Å². The Kier molecular flexibility index (Phi) is 7.72. The van der Waals surface area contributed by atoms with Gasteiger partial charge in [0.2, 0.25) is 0 Å². The molecule has 7 aromatic rings. The zero-order valence-corrected chi connectivity index (χ0v) is 24.6. The van der Waals surface area contributed by atoms with Gasteiger partial charge >= 0.3 is 0 Å². The molecule has 0 unspecified atom stereocenters. The molecule has 0 heterocycles. The van der Waals surface area contributed by atoms with Gasteiger partial charge in [0.25, 0.3) is 0 Å². The Morgan fingerprint density at radius 3 is 0.795 bits per heavy atom. The first-order chi connectivity index (χ1) is 21.8. The van der Waals surface area contributed by atoms with E-state index in [0.29, 0.717) is 0 Å². The van der Waals surface area contributed by atoms with Crippen LogP contribution in [0, 0.1) is 0 Å². The molecule has 0 aliphatic heterocycles. The van der Waals surface area contributed by atoms with E-state index >= 15 is 0 Å². The third-order valence-corrected chi connectivity index (χ3v) is 8.82. The van der Waals surface area contributed by atoms with Crippen LogP contribution in [-0.4, -0.2) is 0 Å². The van der Waals surface area contributed by atoms with Crippen molar-refractivity contribution >= 4 is 0 Å². The van der Waals surface area contributed by atoms with Gasteiger partial charge in [0, 0.05) is 5.92 Å². The molecule has 0 saturated heterocycles. The van der Waals surface area contributed by atoms with Gasteiger partial charge < -0.3 is 0 Å². The summed E-state index contributed by atoms with van der Waals surface area (Å²) in [7, 11) is 0. The maximum absolute atomic E-state index is 2.33. The van der Waals surface area contributed by atoms with Crippen molar-refractivity contribution in [1.82, 2.24) is 0 Å². The lowest BCUT2D eigenvalue weighted by Crippen LogP contribution is -2.37. The van der Waals surface area contributed by atoms with Crippen molar-refractivity contribution in [3.8, 4) is 22.3 Å². The van der Waals surface area contributed by atoms with Crippen LogP contribution in [-0.2, 0) is 5.41 Å². The van der Waals surface area contributed by atoms with E-state index < -0.39 is 5.41 Å². The molecule has 0 heteroatoms. The minimum absolute atomic E-state index is 0.00986. The van der Waals surface area contributed by atoms with Crippen molar-refractivity contribution in [3.05, 3.63) is 228 Å². The first-order valence-corrected chi connectivity index (χ1v) is 15.3. The lowest BCUT2D eigenvalue weighted by molar-refractivity contribution is 0.537. The molecule has 210 valence electrons. The normalized spacial score (nSPS) is 11.4. The van der Waals surface area contributed by atoms with E-state index in [1.807, 2.05) is 0 Å². The van der Waals surface area contributed by atoms with E-state index in [9.17, 15) is 0 Å². The summed E-state index contributed by atoms with van der Waals surface area (Å²) in [6.07, 6.45) is 0. The molecule has 0 amide bonds. The molecule has 0 aliphatic rings. The second kappa shape index (κ2) is 12.4. The standard InChI is InChI=1S/C44H34/c1-6-16-34(17-7-1)36-26-30-38(31-27-36)43(39-32-28-37(29-33-39)35-18-8-2-9-19-35)44(40-20-10-3-11-21-40,41-22-12-4-13-23-41)42-24-14-5-15-25-42/h1-33,43H. The van der Waals surface area contributed by atoms with Crippen LogP contribution in [0.1, 0.15) is 33.7 Å². The van der Waals surface area contributed by atoms with Crippen LogP contribution in [0.15, 0.2) is 200 Å². The predicted molar refractivity (Wildman–Crippen MR) is 185 cm³/mol. The molecular formula is C44H34. The van der Waals surface area contributed by atoms with Crippen LogP contribution >= 0.6 is 0 Å². The minimum Gasteiger partial charge on any atom is -0.0622 e. The van der Waals surface area contributed by atoms with Gasteiger partial charge in [-0.2, -0.15) is 0 Å². The predicted octanol–water partition coefficient (Wildman–Crippen LogP) is 11.2. The quantitative estimate of drug-likeness (QED) is 0.162. The van der Waals surface area contributed by atoms with E-state index in [-0.39, 0.29) is 5.92 Å². The second-order valence-electron chi connectivity index (χ2n) is 11.3. The molecule has 0 spiro atoms. The monoisotopic (exact) mass is 562 g/mol. The molecule has 7 rings (SSSR count). The Bertz CT molecular complexity index is 1710. The summed E-state index contributed by atoms with van der Waals surface area (Å²) in [5.74, 6) is -0.00986. The first-order valence-electron chi connectivity index (χ1n) is 15.3. The summed E-state index contributed by atoms with van der Waals surface area (Å²) in [5, 5.41) is 0. The van der Waals surface area contributed by atoms with E-state index in [1.54, 1.807) is 0 Å². The van der Waals surface area contributed by atoms with E-state index in [2.05, 4.69) is 200 Å². The van der Waals surface area contributed by atoms with Crippen molar-refractivity contribution in [1.29, 1.82) is 0 Å². The highest BCUT2D eigenvalue weighted by Crippen LogP contribution is 2.53. The van der Waals surface area contributed by atoms with Gasteiger partial charge in [-0.3, -0.25) is 0 Å². The minimum atomic E-state index is -0.494. The Morgan fingerprint density at radius 1 is 0.250 bits per heavy atom. The molecule has 0 aromatic heterocycles. The molecule has 0 fully saturated rings. The van der Waals surface area contributed by atoms with Crippen molar-refractivity contribution in [2.45, 2.75) is 11.3 Å². The fourth-order valence-electron chi connectivity index (χ4n) is 6.79. The van der Waals surface area contributed by atoms with Crippen LogP contribution in [0.3, 0.4) is 0 Å². The van der Waals surface area contributed by atoms with Gasteiger partial charge in [0.15, 0.2) is 0 Å². The summed E-state index contributed by atoms with van der Waals surface area (Å²) in [5.41, 5.74) is 10.7. The van der Waals surface area contributed by atoms with Gasteiger partial charge in [-0.15, -0.1) is 0 Å². The maximum Gasteiger partial charge on any atom is 0.0560 e. The van der Waals surface area contributed by atoms with Crippen LogP contribution in [0.2, 0.25) is 0 Å². The molecule has 0 N–H and O–H groups in total. The molecule has 0 saturated carbocycles. The Morgan fingerprint density at radius 2 is 0.500 bits per heavy atom. The van der Waals surface area contributed by atoms with Crippen molar-refractivity contribution in [2.24, 2.45) is 0 Å². The Balaban J connectivity index is 1.51. The van der Waals surface area contributed by atoms with E-state index in [4.69, 9.17) is 0 Å². The molecule has 0 radical (unpaired) electrons. The Hall–Kier alpha value is -5.46. The number of hydrogen-bond donors (Lipinski definition) is 0. The zero-order chi connectivity index (χ0) is 29.6. The topological polar surface area (TPSA) is 0 Å². The average Bonchev–Trinajstić information content (AvgIpc) is 3.13.